The zero-order chi connectivity index (χ0) is 12.2. The number of likely N-dealkylation sites (tertiary alicyclic amines) is 1. The van der Waals surface area contributed by atoms with E-state index in [0.29, 0.717) is 13.1 Å². The van der Waals surface area contributed by atoms with E-state index in [1.54, 1.807) is 5.32 Å². The molecule has 1 aliphatic rings. The second kappa shape index (κ2) is 5.18. The first kappa shape index (κ1) is 12.8. The van der Waals surface area contributed by atoms with Crippen LogP contribution in [0.25, 0.3) is 0 Å². The number of amides is 2. The zero-order valence-corrected chi connectivity index (χ0v) is 8.64. The van der Waals surface area contributed by atoms with Crippen LogP contribution in [0.1, 0.15) is 19.3 Å². The van der Waals surface area contributed by atoms with Crippen LogP contribution in [0.2, 0.25) is 0 Å². The molecule has 7 heteroatoms. The summed E-state index contributed by atoms with van der Waals surface area (Å²) in [7, 11) is 0. The van der Waals surface area contributed by atoms with Crippen molar-refractivity contribution in [2.75, 3.05) is 19.6 Å². The molecule has 1 heterocycles. The van der Waals surface area contributed by atoms with E-state index in [9.17, 15) is 22.8 Å². The van der Waals surface area contributed by atoms with Crippen molar-refractivity contribution in [1.29, 1.82) is 0 Å². The van der Waals surface area contributed by atoms with Crippen molar-refractivity contribution in [3.05, 3.63) is 0 Å². The van der Waals surface area contributed by atoms with Crippen molar-refractivity contribution in [1.82, 2.24) is 10.2 Å². The number of hydrogen-bond acceptors (Lipinski definition) is 2. The summed E-state index contributed by atoms with van der Waals surface area (Å²) in [6, 6.07) is 0. The molecular weight excluding hydrogens is 225 g/mol. The lowest BCUT2D eigenvalue weighted by atomic mass is 10.1. The Hall–Kier alpha value is -1.27. The van der Waals surface area contributed by atoms with Crippen LogP contribution in [0.3, 0.4) is 0 Å². The minimum atomic E-state index is -4.93. The third-order valence-corrected chi connectivity index (χ3v) is 2.37. The van der Waals surface area contributed by atoms with E-state index in [1.165, 1.54) is 4.90 Å². The van der Waals surface area contributed by atoms with E-state index in [4.69, 9.17) is 0 Å². The molecule has 0 unspecified atom stereocenters. The molecule has 1 aliphatic heterocycles. The van der Waals surface area contributed by atoms with E-state index in [2.05, 4.69) is 0 Å². The molecule has 92 valence electrons. The van der Waals surface area contributed by atoms with Crippen LogP contribution in [0.4, 0.5) is 13.2 Å². The molecular formula is C9H13F3N2O2. The molecule has 1 saturated heterocycles. The van der Waals surface area contributed by atoms with Crippen LogP contribution in [0.15, 0.2) is 0 Å². The van der Waals surface area contributed by atoms with Gasteiger partial charge in [0.2, 0.25) is 5.91 Å². The van der Waals surface area contributed by atoms with Gasteiger partial charge < -0.3 is 10.2 Å². The van der Waals surface area contributed by atoms with Crippen molar-refractivity contribution in [2.45, 2.75) is 25.4 Å². The normalized spacial score (nSPS) is 17.1. The zero-order valence-electron chi connectivity index (χ0n) is 8.64. The Balaban J connectivity index is 2.32. The van der Waals surface area contributed by atoms with Crippen molar-refractivity contribution in [3.63, 3.8) is 0 Å². The molecule has 16 heavy (non-hydrogen) atoms. The van der Waals surface area contributed by atoms with Gasteiger partial charge in [-0.3, -0.25) is 9.59 Å². The smallest absolute Gasteiger partial charge is 0.341 e. The first-order chi connectivity index (χ1) is 7.41. The Morgan fingerprint density at radius 2 is 1.69 bits per heavy atom. The lowest BCUT2D eigenvalue weighted by Crippen LogP contribution is -2.45. The summed E-state index contributed by atoms with van der Waals surface area (Å²) < 4.78 is 35.4. The fourth-order valence-corrected chi connectivity index (χ4v) is 1.51. The summed E-state index contributed by atoms with van der Waals surface area (Å²) in [5, 5.41) is 1.56. The minimum absolute atomic E-state index is 0.461. The number of hydrogen-bond donors (Lipinski definition) is 1. The maximum absolute atomic E-state index is 11.8. The van der Waals surface area contributed by atoms with E-state index < -0.39 is 24.5 Å². The summed E-state index contributed by atoms with van der Waals surface area (Å²) in [6.07, 6.45) is -2.18. The Morgan fingerprint density at radius 1 is 1.12 bits per heavy atom. The average molecular weight is 238 g/mol. The van der Waals surface area contributed by atoms with Gasteiger partial charge in [0.15, 0.2) is 0 Å². The molecule has 0 radical (unpaired) electrons. The van der Waals surface area contributed by atoms with Crippen LogP contribution in [-0.4, -0.2) is 42.5 Å². The van der Waals surface area contributed by atoms with Gasteiger partial charge in [0.05, 0.1) is 6.54 Å². The van der Waals surface area contributed by atoms with E-state index >= 15 is 0 Å². The summed E-state index contributed by atoms with van der Waals surface area (Å²) in [6.45, 7) is 0.528. The second-order valence-corrected chi connectivity index (χ2v) is 3.62. The molecule has 0 bridgehead atoms. The molecule has 4 nitrogen and oxygen atoms in total. The fourth-order valence-electron chi connectivity index (χ4n) is 1.51. The van der Waals surface area contributed by atoms with Crippen LogP contribution in [-0.2, 0) is 9.59 Å². The average Bonchev–Trinajstić information content (AvgIpc) is 2.25. The first-order valence-corrected chi connectivity index (χ1v) is 5.04. The maximum atomic E-state index is 11.8. The number of nitrogens with zero attached hydrogens (tertiary/aromatic N) is 1. The number of alkyl halides is 3. The molecule has 2 amide bonds. The summed E-state index contributed by atoms with van der Waals surface area (Å²) >= 11 is 0. The van der Waals surface area contributed by atoms with Gasteiger partial charge in [-0.05, 0) is 19.3 Å². The molecule has 0 aromatic carbocycles. The SMILES string of the molecule is O=C(CNC(=O)C(F)(F)F)N1CCCCC1. The highest BCUT2D eigenvalue weighted by atomic mass is 19.4. The first-order valence-electron chi connectivity index (χ1n) is 5.04. The second-order valence-electron chi connectivity index (χ2n) is 3.62. The van der Waals surface area contributed by atoms with Gasteiger partial charge >= 0.3 is 12.1 Å². The Kier molecular flexibility index (Phi) is 4.14. The van der Waals surface area contributed by atoms with Gasteiger partial charge in [-0.15, -0.1) is 0 Å². The lowest BCUT2D eigenvalue weighted by molar-refractivity contribution is -0.174. The van der Waals surface area contributed by atoms with Crippen molar-refractivity contribution < 1.29 is 22.8 Å². The fraction of sp³-hybridized carbons (Fsp3) is 0.778. The molecule has 1 fully saturated rings. The van der Waals surface area contributed by atoms with Crippen LogP contribution in [0.5, 0.6) is 0 Å². The van der Waals surface area contributed by atoms with Gasteiger partial charge in [-0.25, -0.2) is 0 Å². The summed E-state index contributed by atoms with van der Waals surface area (Å²) in [5.41, 5.74) is 0. The Labute approximate surface area is 90.8 Å². The molecule has 0 atom stereocenters. The van der Waals surface area contributed by atoms with Gasteiger partial charge in [0.25, 0.3) is 0 Å². The molecule has 0 saturated carbocycles. The van der Waals surface area contributed by atoms with Crippen LogP contribution < -0.4 is 5.32 Å². The standard InChI is InChI=1S/C9H13F3N2O2/c10-9(11,12)8(16)13-6-7(15)14-4-2-1-3-5-14/h1-6H2,(H,13,16). The summed E-state index contributed by atoms with van der Waals surface area (Å²) in [5.74, 6) is -2.53. The predicted molar refractivity (Wildman–Crippen MR) is 49.5 cm³/mol. The number of rotatable bonds is 2. The van der Waals surface area contributed by atoms with Crippen LogP contribution in [0, 0.1) is 0 Å². The van der Waals surface area contributed by atoms with E-state index in [-0.39, 0.29) is 0 Å². The number of carbonyl (C=O) groups is 2. The van der Waals surface area contributed by atoms with Gasteiger partial charge in [0.1, 0.15) is 0 Å². The maximum Gasteiger partial charge on any atom is 0.471 e. The van der Waals surface area contributed by atoms with Crippen LogP contribution >= 0.6 is 0 Å². The molecule has 0 aliphatic carbocycles. The summed E-state index contributed by atoms with van der Waals surface area (Å²) in [4.78, 5) is 23.3. The van der Waals surface area contributed by atoms with Crippen molar-refractivity contribution in [3.8, 4) is 0 Å². The molecule has 1 rings (SSSR count). The van der Waals surface area contributed by atoms with Crippen molar-refractivity contribution >= 4 is 11.8 Å². The van der Waals surface area contributed by atoms with Crippen molar-refractivity contribution in [2.24, 2.45) is 0 Å². The lowest BCUT2D eigenvalue weighted by Gasteiger charge is -2.26. The number of nitrogens with one attached hydrogen (secondary N) is 1. The molecule has 0 aromatic heterocycles. The third kappa shape index (κ3) is 3.71. The number of piperidine rings is 1. The monoisotopic (exact) mass is 238 g/mol. The predicted octanol–water partition coefficient (Wildman–Crippen LogP) is 0.677. The molecule has 0 aromatic rings. The highest BCUT2D eigenvalue weighted by Crippen LogP contribution is 2.14. The highest BCUT2D eigenvalue weighted by Gasteiger charge is 2.38. The Morgan fingerprint density at radius 3 is 2.19 bits per heavy atom. The largest absolute Gasteiger partial charge is 0.471 e. The topological polar surface area (TPSA) is 49.4 Å². The minimum Gasteiger partial charge on any atom is -0.341 e. The molecule has 1 N–H and O–H groups in total. The van der Waals surface area contributed by atoms with Gasteiger partial charge in [-0.1, -0.05) is 0 Å². The van der Waals surface area contributed by atoms with Gasteiger partial charge in [-0.2, -0.15) is 13.2 Å². The third-order valence-electron chi connectivity index (χ3n) is 2.37. The van der Waals surface area contributed by atoms with E-state index in [1.807, 2.05) is 0 Å². The Bertz CT molecular complexity index is 272. The van der Waals surface area contributed by atoms with E-state index in [0.717, 1.165) is 19.3 Å². The quantitative estimate of drug-likeness (QED) is 0.769. The number of carbonyl (C=O) groups excluding carboxylic acids is 2. The molecule has 0 spiro atoms. The number of halogens is 3. The van der Waals surface area contributed by atoms with Gasteiger partial charge in [0, 0.05) is 13.1 Å². The highest BCUT2D eigenvalue weighted by molar-refractivity contribution is 5.87.